The molecule has 1 aliphatic carbocycles. The lowest BCUT2D eigenvalue weighted by molar-refractivity contribution is -0.197. The Kier molecular flexibility index (Phi) is 3.11. The van der Waals surface area contributed by atoms with Crippen LogP contribution in [0, 0.1) is 11.8 Å². The van der Waals surface area contributed by atoms with E-state index in [-0.39, 0.29) is 24.4 Å². The summed E-state index contributed by atoms with van der Waals surface area (Å²) in [6, 6.07) is 0. The van der Waals surface area contributed by atoms with Crippen molar-refractivity contribution in [1.29, 1.82) is 0 Å². The van der Waals surface area contributed by atoms with Crippen molar-refractivity contribution in [3.63, 3.8) is 0 Å². The lowest BCUT2D eigenvalue weighted by Gasteiger charge is -2.32. The van der Waals surface area contributed by atoms with Crippen LogP contribution in [0.1, 0.15) is 12.8 Å². The molecular weight excluding hydrogens is 196 g/mol. The molecule has 1 saturated carbocycles. The van der Waals surface area contributed by atoms with Gasteiger partial charge in [0.1, 0.15) is 0 Å². The second-order valence-corrected chi connectivity index (χ2v) is 4.29. The smallest absolute Gasteiger partial charge is 0.163 e. The van der Waals surface area contributed by atoms with E-state index in [0.717, 1.165) is 12.0 Å². The summed E-state index contributed by atoms with van der Waals surface area (Å²) in [6.07, 6.45) is 0.488. The largest absolute Gasteiger partial charge is 0.389 e. The molecule has 4 nitrogen and oxygen atoms in total. The molecule has 1 unspecified atom stereocenters. The molecule has 86 valence electrons. The quantitative estimate of drug-likeness (QED) is 0.694. The van der Waals surface area contributed by atoms with Crippen LogP contribution >= 0.6 is 0 Å². The predicted molar refractivity (Wildman–Crippen MR) is 54.0 cm³/mol. The van der Waals surface area contributed by atoms with Gasteiger partial charge in [-0.25, -0.2) is 0 Å². The SMILES string of the molecule is C=C1C[C@@H]2[C@@H](OC)O[C@@H](OC)[C@@H]2CC1O. The summed E-state index contributed by atoms with van der Waals surface area (Å²) in [6.45, 7) is 3.87. The number of methoxy groups -OCH3 is 2. The third kappa shape index (κ3) is 1.83. The highest BCUT2D eigenvalue weighted by Crippen LogP contribution is 2.44. The monoisotopic (exact) mass is 214 g/mol. The maximum Gasteiger partial charge on any atom is 0.163 e. The van der Waals surface area contributed by atoms with Crippen LogP contribution in [0.15, 0.2) is 12.2 Å². The first-order valence-corrected chi connectivity index (χ1v) is 5.24. The number of aliphatic hydroxyl groups excluding tert-OH is 1. The maximum absolute atomic E-state index is 9.75. The Morgan fingerprint density at radius 1 is 1.27 bits per heavy atom. The molecule has 1 aliphatic heterocycles. The maximum atomic E-state index is 9.75. The Morgan fingerprint density at radius 2 is 1.87 bits per heavy atom. The van der Waals surface area contributed by atoms with Crippen LogP contribution in [0.5, 0.6) is 0 Å². The molecule has 0 aromatic carbocycles. The molecule has 2 aliphatic rings. The van der Waals surface area contributed by atoms with Crippen LogP contribution in [0.25, 0.3) is 0 Å². The van der Waals surface area contributed by atoms with Crippen molar-refractivity contribution in [3.05, 3.63) is 12.2 Å². The summed E-state index contributed by atoms with van der Waals surface area (Å²) < 4.78 is 16.1. The molecule has 1 saturated heterocycles. The van der Waals surface area contributed by atoms with Gasteiger partial charge in [0.2, 0.25) is 0 Å². The Labute approximate surface area is 89.8 Å². The highest BCUT2D eigenvalue weighted by atomic mass is 16.8. The second kappa shape index (κ2) is 4.22. The first-order valence-electron chi connectivity index (χ1n) is 5.24. The molecule has 0 bridgehead atoms. The first kappa shape index (κ1) is 11.1. The van der Waals surface area contributed by atoms with Gasteiger partial charge < -0.3 is 19.3 Å². The minimum absolute atomic E-state index is 0.209. The summed E-state index contributed by atoms with van der Waals surface area (Å²) in [4.78, 5) is 0. The molecule has 2 rings (SSSR count). The minimum atomic E-state index is -0.428. The standard InChI is InChI=1S/C11H18O4/c1-6-4-7-8(5-9(6)12)11(14-3)15-10(7)13-2/h7-12H,1,4-5H2,2-3H3/t7-,8+,9?,10-,11+/m0/s1. The summed E-state index contributed by atoms with van der Waals surface area (Å²) in [5, 5.41) is 9.75. The molecular formula is C11H18O4. The van der Waals surface area contributed by atoms with Gasteiger partial charge in [0, 0.05) is 26.1 Å². The zero-order chi connectivity index (χ0) is 11.0. The molecule has 1 N–H and O–H groups in total. The van der Waals surface area contributed by atoms with Crippen molar-refractivity contribution in [2.45, 2.75) is 31.5 Å². The lowest BCUT2D eigenvalue weighted by atomic mass is 9.76. The molecule has 0 aromatic rings. The van der Waals surface area contributed by atoms with Crippen LogP contribution in [0.2, 0.25) is 0 Å². The van der Waals surface area contributed by atoms with Crippen LogP contribution in [-0.4, -0.2) is 38.0 Å². The van der Waals surface area contributed by atoms with E-state index >= 15 is 0 Å². The number of fused-ring (bicyclic) bond motifs is 1. The number of hydrogen-bond acceptors (Lipinski definition) is 4. The van der Waals surface area contributed by atoms with Crippen molar-refractivity contribution < 1.29 is 19.3 Å². The Hall–Kier alpha value is -0.420. The molecule has 15 heavy (non-hydrogen) atoms. The first-order chi connectivity index (χ1) is 7.17. The Morgan fingerprint density at radius 3 is 2.47 bits per heavy atom. The van der Waals surface area contributed by atoms with E-state index in [1.165, 1.54) is 0 Å². The summed E-state index contributed by atoms with van der Waals surface area (Å²) >= 11 is 0. The normalized spacial score (nSPS) is 45.5. The molecule has 0 amide bonds. The van der Waals surface area contributed by atoms with Gasteiger partial charge in [0.25, 0.3) is 0 Å². The van der Waals surface area contributed by atoms with Gasteiger partial charge in [-0.15, -0.1) is 0 Å². The average molecular weight is 214 g/mol. The average Bonchev–Trinajstić information content (AvgIpc) is 2.56. The van der Waals surface area contributed by atoms with Gasteiger partial charge >= 0.3 is 0 Å². The predicted octanol–water partition coefficient (Wildman–Crippen LogP) is 0.905. The minimum Gasteiger partial charge on any atom is -0.389 e. The fraction of sp³-hybridized carbons (Fsp3) is 0.818. The summed E-state index contributed by atoms with van der Waals surface area (Å²) in [5.74, 6) is 0.469. The highest BCUT2D eigenvalue weighted by molar-refractivity contribution is 5.10. The van der Waals surface area contributed by atoms with Crippen molar-refractivity contribution in [2.75, 3.05) is 14.2 Å². The third-order valence-corrected chi connectivity index (χ3v) is 3.45. The highest BCUT2D eigenvalue weighted by Gasteiger charge is 2.48. The molecule has 1 heterocycles. The molecule has 5 atom stereocenters. The lowest BCUT2D eigenvalue weighted by Crippen LogP contribution is -2.34. The van der Waals surface area contributed by atoms with E-state index in [1.54, 1.807) is 14.2 Å². The fourth-order valence-electron chi connectivity index (χ4n) is 2.60. The number of hydrogen-bond donors (Lipinski definition) is 1. The van der Waals surface area contributed by atoms with Crippen LogP contribution in [0.3, 0.4) is 0 Å². The zero-order valence-electron chi connectivity index (χ0n) is 9.18. The van der Waals surface area contributed by atoms with E-state index in [0.29, 0.717) is 6.42 Å². The fourth-order valence-corrected chi connectivity index (χ4v) is 2.60. The third-order valence-electron chi connectivity index (χ3n) is 3.45. The Bertz CT molecular complexity index is 253. The van der Waals surface area contributed by atoms with Gasteiger partial charge in [-0.05, 0) is 18.4 Å². The molecule has 0 radical (unpaired) electrons. The van der Waals surface area contributed by atoms with E-state index in [4.69, 9.17) is 14.2 Å². The molecule has 0 aromatic heterocycles. The van der Waals surface area contributed by atoms with Gasteiger partial charge in [-0.2, -0.15) is 0 Å². The Balaban J connectivity index is 2.13. The van der Waals surface area contributed by atoms with E-state index < -0.39 is 6.10 Å². The van der Waals surface area contributed by atoms with Crippen molar-refractivity contribution in [3.8, 4) is 0 Å². The van der Waals surface area contributed by atoms with Gasteiger partial charge in [0.05, 0.1) is 6.10 Å². The van der Waals surface area contributed by atoms with E-state index in [1.807, 2.05) is 0 Å². The van der Waals surface area contributed by atoms with E-state index in [2.05, 4.69) is 6.58 Å². The molecule has 2 fully saturated rings. The van der Waals surface area contributed by atoms with Crippen LogP contribution in [0.4, 0.5) is 0 Å². The van der Waals surface area contributed by atoms with Gasteiger partial charge in [0.15, 0.2) is 12.6 Å². The molecule has 4 heteroatoms. The number of rotatable bonds is 2. The summed E-state index contributed by atoms with van der Waals surface area (Å²) in [7, 11) is 3.25. The van der Waals surface area contributed by atoms with Crippen molar-refractivity contribution >= 4 is 0 Å². The van der Waals surface area contributed by atoms with Crippen LogP contribution in [-0.2, 0) is 14.2 Å². The van der Waals surface area contributed by atoms with Crippen LogP contribution < -0.4 is 0 Å². The number of ether oxygens (including phenoxy) is 3. The summed E-state index contributed by atoms with van der Waals surface area (Å²) in [5.41, 5.74) is 0.874. The van der Waals surface area contributed by atoms with Crippen molar-refractivity contribution in [1.82, 2.24) is 0 Å². The van der Waals surface area contributed by atoms with Gasteiger partial charge in [-0.1, -0.05) is 6.58 Å². The van der Waals surface area contributed by atoms with Crippen molar-refractivity contribution in [2.24, 2.45) is 11.8 Å². The second-order valence-electron chi connectivity index (χ2n) is 4.29. The van der Waals surface area contributed by atoms with E-state index in [9.17, 15) is 5.11 Å². The topological polar surface area (TPSA) is 47.9 Å². The number of aliphatic hydroxyl groups is 1. The molecule has 0 spiro atoms. The zero-order valence-corrected chi connectivity index (χ0v) is 9.18. The van der Waals surface area contributed by atoms with Gasteiger partial charge in [-0.3, -0.25) is 0 Å².